The van der Waals surface area contributed by atoms with Crippen molar-refractivity contribution in [3.05, 3.63) is 29.6 Å². The Morgan fingerprint density at radius 2 is 2.28 bits per heavy atom. The largest absolute Gasteiger partial charge is 0.478 e. The molecule has 1 aliphatic rings. The molecular weight excluding hydrogens is 230 g/mol. The van der Waals surface area contributed by atoms with Crippen LogP contribution in [0.5, 0.6) is 0 Å². The Morgan fingerprint density at radius 1 is 1.56 bits per heavy atom. The van der Waals surface area contributed by atoms with Crippen LogP contribution in [0, 0.1) is 0 Å². The van der Waals surface area contributed by atoms with Crippen molar-refractivity contribution in [2.24, 2.45) is 5.73 Å². The topological polar surface area (TPSA) is 81.1 Å². The van der Waals surface area contributed by atoms with Crippen molar-refractivity contribution in [1.29, 1.82) is 0 Å². The maximum absolute atomic E-state index is 11.3. The number of nitrogens with zero attached hydrogens (tertiary/aromatic N) is 2. The quantitative estimate of drug-likeness (QED) is 0.867. The van der Waals surface area contributed by atoms with Gasteiger partial charge in [0.1, 0.15) is 5.82 Å². The first-order chi connectivity index (χ1) is 8.59. The van der Waals surface area contributed by atoms with Crippen LogP contribution in [0.15, 0.2) is 18.2 Å². The molecule has 1 unspecified atom stereocenters. The summed E-state index contributed by atoms with van der Waals surface area (Å²) in [7, 11) is 0. The molecule has 0 aliphatic heterocycles. The molecule has 5 heteroatoms. The van der Waals surface area contributed by atoms with Gasteiger partial charge in [0.15, 0.2) is 0 Å². The number of para-hydroxylation sites is 1. The predicted molar refractivity (Wildman–Crippen MR) is 67.6 cm³/mol. The van der Waals surface area contributed by atoms with Gasteiger partial charge in [-0.25, -0.2) is 9.78 Å². The van der Waals surface area contributed by atoms with E-state index < -0.39 is 5.97 Å². The van der Waals surface area contributed by atoms with Gasteiger partial charge in [0.05, 0.1) is 22.6 Å². The highest BCUT2D eigenvalue weighted by Crippen LogP contribution is 2.40. The molecule has 2 aromatic rings. The first-order valence-corrected chi connectivity index (χ1v) is 6.09. The zero-order valence-corrected chi connectivity index (χ0v) is 10.1. The summed E-state index contributed by atoms with van der Waals surface area (Å²) < 4.78 is 2.02. The highest BCUT2D eigenvalue weighted by molar-refractivity contribution is 6.01. The van der Waals surface area contributed by atoms with E-state index in [1.54, 1.807) is 12.1 Å². The molecule has 5 nitrogen and oxygen atoms in total. The van der Waals surface area contributed by atoms with Crippen LogP contribution < -0.4 is 5.73 Å². The number of carboxylic acid groups (broad SMARTS) is 1. The Labute approximate surface area is 104 Å². The second kappa shape index (κ2) is 3.81. The average molecular weight is 245 g/mol. The van der Waals surface area contributed by atoms with Crippen LogP contribution in [0.25, 0.3) is 11.0 Å². The van der Waals surface area contributed by atoms with E-state index in [1.807, 2.05) is 17.6 Å². The highest BCUT2D eigenvalue weighted by atomic mass is 16.4. The van der Waals surface area contributed by atoms with Crippen molar-refractivity contribution in [2.75, 3.05) is 0 Å². The maximum Gasteiger partial charge on any atom is 0.337 e. The fourth-order valence-corrected chi connectivity index (χ4v) is 2.36. The van der Waals surface area contributed by atoms with E-state index in [-0.39, 0.29) is 6.04 Å². The molecule has 1 fully saturated rings. The normalized spacial score (nSPS) is 17.0. The lowest BCUT2D eigenvalue weighted by Crippen LogP contribution is -2.13. The summed E-state index contributed by atoms with van der Waals surface area (Å²) in [6, 6.07) is 5.35. The first-order valence-electron chi connectivity index (χ1n) is 6.09. The van der Waals surface area contributed by atoms with Crippen molar-refractivity contribution in [3.63, 3.8) is 0 Å². The number of carbonyl (C=O) groups is 1. The Bertz CT molecular complexity index is 626. The minimum atomic E-state index is -0.918. The molecule has 1 saturated carbocycles. The van der Waals surface area contributed by atoms with Crippen LogP contribution in [-0.4, -0.2) is 20.6 Å². The van der Waals surface area contributed by atoms with Crippen LogP contribution in [0.4, 0.5) is 0 Å². The molecule has 0 spiro atoms. The molecule has 0 amide bonds. The molecule has 0 bridgehead atoms. The molecule has 18 heavy (non-hydrogen) atoms. The van der Waals surface area contributed by atoms with Gasteiger partial charge in [0, 0.05) is 6.04 Å². The van der Waals surface area contributed by atoms with Crippen LogP contribution >= 0.6 is 0 Å². The summed E-state index contributed by atoms with van der Waals surface area (Å²) in [6.07, 6.45) is 2.14. The molecular formula is C13H15N3O2. The van der Waals surface area contributed by atoms with E-state index >= 15 is 0 Å². The number of benzene rings is 1. The maximum atomic E-state index is 11.3. The molecule has 1 aromatic carbocycles. The van der Waals surface area contributed by atoms with E-state index in [0.717, 1.165) is 18.7 Å². The zero-order chi connectivity index (χ0) is 12.9. The second-order valence-corrected chi connectivity index (χ2v) is 4.84. The highest BCUT2D eigenvalue weighted by Gasteiger charge is 2.30. The third kappa shape index (κ3) is 1.59. The van der Waals surface area contributed by atoms with Crippen molar-refractivity contribution < 1.29 is 9.90 Å². The van der Waals surface area contributed by atoms with Gasteiger partial charge in [-0.15, -0.1) is 0 Å². The smallest absolute Gasteiger partial charge is 0.337 e. The second-order valence-electron chi connectivity index (χ2n) is 4.84. The summed E-state index contributed by atoms with van der Waals surface area (Å²) >= 11 is 0. The standard InChI is InChI=1S/C13H15N3O2/c1-7(14)12-15-10-4-2-3-9(13(17)18)11(10)16(12)8-5-6-8/h2-4,7-8H,5-6,14H2,1H3,(H,17,18). The van der Waals surface area contributed by atoms with E-state index in [4.69, 9.17) is 5.73 Å². The fraction of sp³-hybridized carbons (Fsp3) is 0.385. The minimum Gasteiger partial charge on any atom is -0.478 e. The van der Waals surface area contributed by atoms with Gasteiger partial charge in [-0.1, -0.05) is 6.07 Å². The van der Waals surface area contributed by atoms with Crippen LogP contribution in [0.3, 0.4) is 0 Å². The third-order valence-corrected chi connectivity index (χ3v) is 3.29. The fourth-order valence-electron chi connectivity index (χ4n) is 2.36. The molecule has 94 valence electrons. The Kier molecular flexibility index (Phi) is 2.38. The number of rotatable bonds is 3. The van der Waals surface area contributed by atoms with E-state index in [9.17, 15) is 9.90 Å². The average Bonchev–Trinajstić information content (AvgIpc) is 3.07. The molecule has 3 N–H and O–H groups in total. The summed E-state index contributed by atoms with van der Waals surface area (Å²) in [5, 5.41) is 9.28. The molecule has 1 aromatic heterocycles. The van der Waals surface area contributed by atoms with Gasteiger partial charge in [0.25, 0.3) is 0 Å². The lowest BCUT2D eigenvalue weighted by molar-refractivity contribution is 0.0698. The lowest BCUT2D eigenvalue weighted by Gasteiger charge is -2.11. The molecule has 0 radical (unpaired) electrons. The predicted octanol–water partition coefficient (Wildman–Crippen LogP) is 2.09. The van der Waals surface area contributed by atoms with Crippen molar-refractivity contribution in [2.45, 2.75) is 31.8 Å². The van der Waals surface area contributed by atoms with Crippen molar-refractivity contribution in [1.82, 2.24) is 9.55 Å². The van der Waals surface area contributed by atoms with E-state index in [0.29, 0.717) is 22.6 Å². The number of nitrogens with two attached hydrogens (primary N) is 1. The molecule has 0 saturated heterocycles. The monoisotopic (exact) mass is 245 g/mol. The number of hydrogen-bond acceptors (Lipinski definition) is 3. The van der Waals surface area contributed by atoms with Gasteiger partial charge in [0.2, 0.25) is 0 Å². The Hall–Kier alpha value is -1.88. The number of fused-ring (bicyclic) bond motifs is 1. The molecule has 1 aliphatic carbocycles. The number of aromatic nitrogens is 2. The molecule has 3 rings (SSSR count). The Balaban J connectivity index is 2.36. The SMILES string of the molecule is CC(N)c1nc2cccc(C(=O)O)c2n1C1CC1. The number of hydrogen-bond donors (Lipinski definition) is 2. The Morgan fingerprint density at radius 3 is 2.83 bits per heavy atom. The third-order valence-electron chi connectivity index (χ3n) is 3.29. The van der Waals surface area contributed by atoms with Gasteiger partial charge in [-0.3, -0.25) is 0 Å². The van der Waals surface area contributed by atoms with Crippen molar-refractivity contribution >= 4 is 17.0 Å². The first kappa shape index (κ1) is 11.2. The van der Waals surface area contributed by atoms with Crippen LogP contribution in [0.2, 0.25) is 0 Å². The summed E-state index contributed by atoms with van der Waals surface area (Å²) in [4.78, 5) is 15.8. The molecule has 1 atom stereocenters. The van der Waals surface area contributed by atoms with E-state index in [1.165, 1.54) is 0 Å². The van der Waals surface area contributed by atoms with Crippen LogP contribution in [-0.2, 0) is 0 Å². The zero-order valence-electron chi connectivity index (χ0n) is 10.1. The summed E-state index contributed by atoms with van der Waals surface area (Å²) in [5.41, 5.74) is 7.67. The minimum absolute atomic E-state index is 0.195. The van der Waals surface area contributed by atoms with Crippen molar-refractivity contribution in [3.8, 4) is 0 Å². The number of imidazole rings is 1. The number of carboxylic acids is 1. The molecule has 1 heterocycles. The van der Waals surface area contributed by atoms with Gasteiger partial charge >= 0.3 is 5.97 Å². The summed E-state index contributed by atoms with van der Waals surface area (Å²) in [6.45, 7) is 1.88. The van der Waals surface area contributed by atoms with E-state index in [2.05, 4.69) is 4.98 Å². The van der Waals surface area contributed by atoms with Gasteiger partial charge in [-0.2, -0.15) is 0 Å². The number of aromatic carboxylic acids is 1. The van der Waals surface area contributed by atoms with Gasteiger partial charge < -0.3 is 15.4 Å². The van der Waals surface area contributed by atoms with Gasteiger partial charge in [-0.05, 0) is 31.9 Å². The lowest BCUT2D eigenvalue weighted by atomic mass is 10.2. The summed E-state index contributed by atoms with van der Waals surface area (Å²) in [5.74, 6) is -0.139. The van der Waals surface area contributed by atoms with Crippen LogP contribution in [0.1, 0.15) is 48.0 Å².